The highest BCUT2D eigenvalue weighted by Crippen LogP contribution is 2.29. The monoisotopic (exact) mass is 328 g/mol. The third kappa shape index (κ3) is 3.19. The zero-order valence-electron chi connectivity index (χ0n) is 9.99. The van der Waals surface area contributed by atoms with Gasteiger partial charge in [-0.2, -0.15) is 0 Å². The minimum atomic E-state index is -0.530. The van der Waals surface area contributed by atoms with Crippen LogP contribution in [0, 0.1) is 5.82 Å². The summed E-state index contributed by atoms with van der Waals surface area (Å²) in [5.41, 5.74) is 0.912. The quantitative estimate of drug-likeness (QED) is 0.876. The molecule has 0 amide bonds. The second-order valence-electron chi connectivity index (χ2n) is 4.11. The average molecular weight is 329 g/mol. The lowest BCUT2D eigenvalue weighted by molar-refractivity contribution is 0.182. The molecular weight excluding hydrogens is 315 g/mol. The molecule has 0 aliphatic heterocycles. The summed E-state index contributed by atoms with van der Waals surface area (Å²) in [5.74, 6) is -0.274. The molecular formula is C14H14BrFOS. The first-order valence-electron chi connectivity index (χ1n) is 5.80. The number of hydrogen-bond donors (Lipinski definition) is 1. The van der Waals surface area contributed by atoms with Gasteiger partial charge in [0.2, 0.25) is 0 Å². The van der Waals surface area contributed by atoms with E-state index < -0.39 is 6.10 Å². The summed E-state index contributed by atoms with van der Waals surface area (Å²) >= 11 is 4.95. The summed E-state index contributed by atoms with van der Waals surface area (Å²) in [6.45, 7) is 2.10. The number of aryl methyl sites for hydroxylation is 1. The summed E-state index contributed by atoms with van der Waals surface area (Å²) in [7, 11) is 0. The van der Waals surface area contributed by atoms with Crippen LogP contribution in [0.2, 0.25) is 0 Å². The Labute approximate surface area is 118 Å². The second-order valence-corrected chi connectivity index (χ2v) is 6.17. The maximum absolute atomic E-state index is 13.0. The smallest absolute Gasteiger partial charge is 0.124 e. The van der Waals surface area contributed by atoms with Gasteiger partial charge in [-0.3, -0.25) is 0 Å². The third-order valence-electron chi connectivity index (χ3n) is 2.79. The summed E-state index contributed by atoms with van der Waals surface area (Å²) in [4.78, 5) is 2.23. The van der Waals surface area contributed by atoms with Gasteiger partial charge in [0.15, 0.2) is 0 Å². The summed E-state index contributed by atoms with van der Waals surface area (Å²) in [6.07, 6.45) is 0.944. The Morgan fingerprint density at radius 1 is 1.33 bits per heavy atom. The van der Waals surface area contributed by atoms with E-state index in [1.807, 2.05) is 12.1 Å². The Morgan fingerprint density at radius 3 is 2.72 bits per heavy atom. The number of rotatable bonds is 4. The molecule has 0 aliphatic carbocycles. The fourth-order valence-electron chi connectivity index (χ4n) is 1.76. The van der Waals surface area contributed by atoms with E-state index in [1.165, 1.54) is 17.0 Å². The molecule has 1 atom stereocenters. The van der Waals surface area contributed by atoms with E-state index in [-0.39, 0.29) is 5.82 Å². The van der Waals surface area contributed by atoms with Crippen LogP contribution in [0.1, 0.15) is 28.3 Å². The van der Waals surface area contributed by atoms with E-state index in [1.54, 1.807) is 17.4 Å². The molecule has 0 saturated carbocycles. The van der Waals surface area contributed by atoms with Gasteiger partial charge in [0, 0.05) is 20.6 Å². The number of halogens is 2. The van der Waals surface area contributed by atoms with Crippen molar-refractivity contribution in [3.63, 3.8) is 0 Å². The van der Waals surface area contributed by atoms with E-state index >= 15 is 0 Å². The van der Waals surface area contributed by atoms with Gasteiger partial charge < -0.3 is 5.11 Å². The van der Waals surface area contributed by atoms with Crippen LogP contribution < -0.4 is 0 Å². The van der Waals surface area contributed by atoms with Gasteiger partial charge in [-0.1, -0.05) is 28.9 Å². The third-order valence-corrected chi connectivity index (χ3v) is 4.86. The van der Waals surface area contributed by atoms with Crippen LogP contribution in [0.25, 0.3) is 0 Å². The number of aliphatic hydroxyl groups excluding tert-OH is 1. The fraction of sp³-hybridized carbons (Fsp3) is 0.286. The van der Waals surface area contributed by atoms with Gasteiger partial charge in [0.05, 0.1) is 6.10 Å². The largest absolute Gasteiger partial charge is 0.387 e. The lowest BCUT2D eigenvalue weighted by Gasteiger charge is -2.10. The van der Waals surface area contributed by atoms with Crippen molar-refractivity contribution < 1.29 is 9.50 Å². The van der Waals surface area contributed by atoms with Crippen molar-refractivity contribution in [3.8, 4) is 0 Å². The molecule has 1 unspecified atom stereocenters. The molecule has 1 heterocycles. The molecule has 4 heteroatoms. The van der Waals surface area contributed by atoms with Crippen LogP contribution in [0.15, 0.2) is 34.8 Å². The van der Waals surface area contributed by atoms with Crippen molar-refractivity contribution >= 4 is 27.3 Å². The van der Waals surface area contributed by atoms with Crippen molar-refractivity contribution in [1.29, 1.82) is 0 Å². The Bertz CT molecular complexity index is 538. The summed E-state index contributed by atoms with van der Waals surface area (Å²) < 4.78 is 13.7. The van der Waals surface area contributed by atoms with Crippen LogP contribution in [-0.4, -0.2) is 5.11 Å². The van der Waals surface area contributed by atoms with Gasteiger partial charge in [0.25, 0.3) is 0 Å². The normalized spacial score (nSPS) is 12.7. The molecule has 18 heavy (non-hydrogen) atoms. The lowest BCUT2D eigenvalue weighted by atomic mass is 10.1. The second kappa shape index (κ2) is 5.95. The van der Waals surface area contributed by atoms with Crippen molar-refractivity contribution in [1.82, 2.24) is 0 Å². The first kappa shape index (κ1) is 13.7. The first-order chi connectivity index (χ1) is 8.60. The van der Waals surface area contributed by atoms with Crippen LogP contribution >= 0.6 is 27.3 Å². The van der Waals surface area contributed by atoms with Crippen LogP contribution in [0.3, 0.4) is 0 Å². The number of aliphatic hydroxyl groups is 1. The highest BCUT2D eigenvalue weighted by molar-refractivity contribution is 9.10. The van der Waals surface area contributed by atoms with Gasteiger partial charge in [0.1, 0.15) is 5.82 Å². The molecule has 0 spiro atoms. The zero-order chi connectivity index (χ0) is 13.1. The Kier molecular flexibility index (Phi) is 4.54. The fourth-order valence-corrected chi connectivity index (χ4v) is 3.21. The number of hydrogen-bond acceptors (Lipinski definition) is 2. The molecule has 2 rings (SSSR count). The molecule has 96 valence electrons. The van der Waals surface area contributed by atoms with Crippen LogP contribution in [0.4, 0.5) is 4.39 Å². The zero-order valence-corrected chi connectivity index (χ0v) is 12.4. The van der Waals surface area contributed by atoms with Gasteiger partial charge in [-0.15, -0.1) is 11.3 Å². The van der Waals surface area contributed by atoms with Gasteiger partial charge in [-0.25, -0.2) is 4.39 Å². The van der Waals surface area contributed by atoms with E-state index in [9.17, 15) is 9.50 Å². The molecule has 1 N–H and O–H groups in total. The molecule has 2 aromatic rings. The molecule has 1 aromatic carbocycles. The van der Waals surface area contributed by atoms with Crippen LogP contribution in [-0.2, 0) is 12.8 Å². The molecule has 0 fully saturated rings. The molecule has 1 aromatic heterocycles. The predicted molar refractivity (Wildman–Crippen MR) is 76.5 cm³/mol. The predicted octanol–water partition coefficient (Wildman–Crippen LogP) is 4.49. The van der Waals surface area contributed by atoms with Crippen molar-refractivity contribution in [3.05, 3.63) is 55.9 Å². The first-order valence-corrected chi connectivity index (χ1v) is 7.41. The topological polar surface area (TPSA) is 20.2 Å². The Hall–Kier alpha value is -0.710. The Balaban J connectivity index is 2.13. The lowest BCUT2D eigenvalue weighted by Crippen LogP contribution is -2.00. The maximum atomic E-state index is 13.0. The van der Waals surface area contributed by atoms with E-state index in [4.69, 9.17) is 0 Å². The Morgan fingerprint density at radius 2 is 2.11 bits per heavy atom. The van der Waals surface area contributed by atoms with E-state index in [0.29, 0.717) is 10.9 Å². The highest BCUT2D eigenvalue weighted by atomic mass is 79.9. The molecule has 0 aliphatic rings. The van der Waals surface area contributed by atoms with Crippen LogP contribution in [0.5, 0.6) is 0 Å². The minimum absolute atomic E-state index is 0.274. The maximum Gasteiger partial charge on any atom is 0.124 e. The average Bonchev–Trinajstić information content (AvgIpc) is 2.81. The van der Waals surface area contributed by atoms with Gasteiger partial charge in [-0.05, 0) is 36.2 Å². The number of thiophene rings is 1. The van der Waals surface area contributed by atoms with Crippen molar-refractivity contribution in [2.45, 2.75) is 25.9 Å². The van der Waals surface area contributed by atoms with Crippen molar-refractivity contribution in [2.75, 3.05) is 0 Å². The minimum Gasteiger partial charge on any atom is -0.387 e. The standard InChI is InChI=1S/C14H14BrFOS/c1-2-11-5-6-14(18-11)13(17)7-9-3-4-10(16)8-12(9)15/h3-6,8,13,17H,2,7H2,1H3. The van der Waals surface area contributed by atoms with E-state index in [0.717, 1.165) is 16.9 Å². The molecule has 0 saturated heterocycles. The molecule has 1 nitrogen and oxygen atoms in total. The van der Waals surface area contributed by atoms with Crippen molar-refractivity contribution in [2.24, 2.45) is 0 Å². The molecule has 0 radical (unpaired) electrons. The van der Waals surface area contributed by atoms with Gasteiger partial charge >= 0.3 is 0 Å². The molecule has 0 bridgehead atoms. The summed E-state index contributed by atoms with van der Waals surface area (Å²) in [6, 6.07) is 8.55. The van der Waals surface area contributed by atoms with E-state index in [2.05, 4.69) is 22.9 Å². The highest BCUT2D eigenvalue weighted by Gasteiger charge is 2.13. The number of benzene rings is 1. The summed E-state index contributed by atoms with van der Waals surface area (Å²) in [5, 5.41) is 10.2. The SMILES string of the molecule is CCc1ccc(C(O)Cc2ccc(F)cc2Br)s1.